The quantitative estimate of drug-likeness (QED) is 0.470. The summed E-state index contributed by atoms with van der Waals surface area (Å²) < 4.78 is 5.61. The van der Waals surface area contributed by atoms with Gasteiger partial charge in [-0.05, 0) is 44.4 Å². The monoisotopic (exact) mass is 358 g/mol. The number of carbonyl (C=O) groups is 1. The zero-order valence-electron chi connectivity index (χ0n) is 14.5. The van der Waals surface area contributed by atoms with E-state index >= 15 is 0 Å². The Balaban J connectivity index is 1.95. The van der Waals surface area contributed by atoms with Crippen molar-refractivity contribution in [3.8, 4) is 0 Å². The molecule has 132 valence electrons. The number of ether oxygens (including phenoxy) is 1. The van der Waals surface area contributed by atoms with Crippen LogP contribution in [-0.4, -0.2) is 24.6 Å². The number of benzene rings is 2. The van der Waals surface area contributed by atoms with Gasteiger partial charge in [0, 0.05) is 6.54 Å². The molecule has 5 heteroatoms. The average Bonchev–Trinajstić information content (AvgIpc) is 2.59. The minimum absolute atomic E-state index is 0.0839. The van der Waals surface area contributed by atoms with E-state index in [0.717, 1.165) is 12.8 Å². The van der Waals surface area contributed by atoms with Crippen molar-refractivity contribution in [2.75, 3.05) is 6.54 Å². The van der Waals surface area contributed by atoms with Crippen LogP contribution in [0, 0.1) is 0 Å². The van der Waals surface area contributed by atoms with E-state index in [-0.39, 0.29) is 18.0 Å². The van der Waals surface area contributed by atoms with Gasteiger partial charge in [-0.1, -0.05) is 54.1 Å². The number of aryl methyl sites for hydroxylation is 1. The van der Waals surface area contributed by atoms with Crippen LogP contribution in [0.15, 0.2) is 59.6 Å². The second-order valence-corrected chi connectivity index (χ2v) is 6.28. The van der Waals surface area contributed by atoms with Gasteiger partial charge >= 0.3 is 0 Å². The maximum atomic E-state index is 12.4. The smallest absolute Gasteiger partial charge is 0.291 e. The van der Waals surface area contributed by atoms with Crippen LogP contribution in [-0.2, 0) is 11.2 Å². The molecule has 2 aromatic carbocycles. The highest BCUT2D eigenvalue weighted by Gasteiger charge is 2.13. The Bertz CT molecular complexity index is 715. The second-order valence-electron chi connectivity index (χ2n) is 5.88. The molecule has 0 saturated heterocycles. The molecule has 0 unspecified atom stereocenters. The maximum Gasteiger partial charge on any atom is 0.291 e. The largest absolute Gasteiger partial charge is 0.462 e. The van der Waals surface area contributed by atoms with E-state index in [1.807, 2.05) is 32.0 Å². The van der Waals surface area contributed by atoms with Crippen LogP contribution >= 0.6 is 11.6 Å². The summed E-state index contributed by atoms with van der Waals surface area (Å²) in [5.41, 5.74) is 1.66. The molecule has 1 amide bonds. The van der Waals surface area contributed by atoms with Crippen molar-refractivity contribution in [2.24, 2.45) is 4.99 Å². The molecule has 0 saturated carbocycles. The standard InChI is InChI=1S/C20H23ClN2O2/c1-15(2)25-20(22-14-8-11-16-9-4-3-5-10-16)23-19(24)17-12-6-7-13-18(17)21/h3-7,9-10,12-13,15H,8,11,14H2,1-2H3,(H,22,23,24). The van der Waals surface area contributed by atoms with Crippen LogP contribution < -0.4 is 5.32 Å². The fourth-order valence-electron chi connectivity index (χ4n) is 2.25. The molecule has 0 aromatic heterocycles. The summed E-state index contributed by atoms with van der Waals surface area (Å²) >= 11 is 6.06. The Kier molecular flexibility index (Phi) is 7.48. The molecule has 25 heavy (non-hydrogen) atoms. The van der Waals surface area contributed by atoms with Crippen molar-refractivity contribution in [3.05, 3.63) is 70.7 Å². The van der Waals surface area contributed by atoms with E-state index in [1.54, 1.807) is 24.3 Å². The van der Waals surface area contributed by atoms with Crippen LogP contribution in [0.4, 0.5) is 0 Å². The number of carbonyl (C=O) groups excluding carboxylic acids is 1. The van der Waals surface area contributed by atoms with E-state index < -0.39 is 0 Å². The highest BCUT2D eigenvalue weighted by Crippen LogP contribution is 2.14. The maximum absolute atomic E-state index is 12.4. The summed E-state index contributed by atoms with van der Waals surface area (Å²) in [6, 6.07) is 17.3. The molecule has 0 fully saturated rings. The molecule has 0 heterocycles. The Morgan fingerprint density at radius 2 is 1.80 bits per heavy atom. The highest BCUT2D eigenvalue weighted by atomic mass is 35.5. The molecule has 0 radical (unpaired) electrons. The van der Waals surface area contributed by atoms with E-state index in [2.05, 4.69) is 22.4 Å². The van der Waals surface area contributed by atoms with Crippen LogP contribution in [0.3, 0.4) is 0 Å². The van der Waals surface area contributed by atoms with Gasteiger partial charge in [-0.3, -0.25) is 10.1 Å². The summed E-state index contributed by atoms with van der Waals surface area (Å²) in [5, 5.41) is 3.10. The summed E-state index contributed by atoms with van der Waals surface area (Å²) in [7, 11) is 0. The van der Waals surface area contributed by atoms with E-state index in [9.17, 15) is 4.79 Å². The van der Waals surface area contributed by atoms with Crippen LogP contribution in [0.1, 0.15) is 36.2 Å². The van der Waals surface area contributed by atoms with Gasteiger partial charge in [0.2, 0.25) is 0 Å². The van der Waals surface area contributed by atoms with Gasteiger partial charge in [0.25, 0.3) is 11.9 Å². The first-order valence-electron chi connectivity index (χ1n) is 8.37. The number of aliphatic imine (C=N–C) groups is 1. The number of halogens is 1. The minimum atomic E-state index is -0.326. The van der Waals surface area contributed by atoms with Crippen molar-refractivity contribution in [1.29, 1.82) is 0 Å². The molecule has 0 aliphatic heterocycles. The number of amides is 1. The van der Waals surface area contributed by atoms with Crippen LogP contribution in [0.2, 0.25) is 5.02 Å². The third-order valence-corrected chi connectivity index (χ3v) is 3.74. The minimum Gasteiger partial charge on any atom is -0.462 e. The van der Waals surface area contributed by atoms with Gasteiger partial charge in [-0.2, -0.15) is 0 Å². The SMILES string of the molecule is CC(C)OC(=NCCCc1ccccc1)NC(=O)c1ccccc1Cl. The summed E-state index contributed by atoms with van der Waals surface area (Å²) in [6.45, 7) is 4.35. The summed E-state index contributed by atoms with van der Waals surface area (Å²) in [6.07, 6.45) is 1.72. The van der Waals surface area contributed by atoms with Gasteiger partial charge in [0.15, 0.2) is 0 Å². The molecule has 1 N–H and O–H groups in total. The molecule has 0 bridgehead atoms. The molecule has 0 spiro atoms. The van der Waals surface area contributed by atoms with Gasteiger partial charge in [-0.15, -0.1) is 0 Å². The fourth-order valence-corrected chi connectivity index (χ4v) is 2.47. The lowest BCUT2D eigenvalue weighted by molar-refractivity contribution is 0.0960. The third kappa shape index (κ3) is 6.59. The lowest BCUT2D eigenvalue weighted by atomic mass is 10.1. The summed E-state index contributed by atoms with van der Waals surface area (Å²) in [5.74, 6) is -0.326. The molecule has 2 rings (SSSR count). The van der Waals surface area contributed by atoms with Crippen LogP contribution in [0.5, 0.6) is 0 Å². The van der Waals surface area contributed by atoms with Crippen molar-refractivity contribution < 1.29 is 9.53 Å². The molecule has 0 aliphatic rings. The molecule has 0 aliphatic carbocycles. The number of nitrogens with one attached hydrogen (secondary N) is 1. The van der Waals surface area contributed by atoms with Crippen molar-refractivity contribution in [3.63, 3.8) is 0 Å². The molecule has 4 nitrogen and oxygen atoms in total. The normalized spacial score (nSPS) is 11.4. The zero-order valence-corrected chi connectivity index (χ0v) is 15.3. The van der Waals surface area contributed by atoms with Gasteiger partial charge in [-0.25, -0.2) is 4.99 Å². The number of hydrogen-bond donors (Lipinski definition) is 1. The average molecular weight is 359 g/mol. The lowest BCUT2D eigenvalue weighted by Gasteiger charge is -2.14. The predicted molar refractivity (Wildman–Crippen MR) is 102 cm³/mol. The van der Waals surface area contributed by atoms with E-state index in [0.29, 0.717) is 17.1 Å². The van der Waals surface area contributed by atoms with Crippen molar-refractivity contribution in [1.82, 2.24) is 5.32 Å². The summed E-state index contributed by atoms with van der Waals surface area (Å²) in [4.78, 5) is 16.7. The van der Waals surface area contributed by atoms with E-state index in [4.69, 9.17) is 16.3 Å². The number of hydrogen-bond acceptors (Lipinski definition) is 3. The lowest BCUT2D eigenvalue weighted by Crippen LogP contribution is -2.34. The first kappa shape index (κ1) is 19.0. The molecular formula is C20H23ClN2O2. The molecule has 0 atom stereocenters. The van der Waals surface area contributed by atoms with Gasteiger partial charge in [0.1, 0.15) is 0 Å². The Hall–Kier alpha value is -2.33. The first-order chi connectivity index (χ1) is 12.1. The number of nitrogens with zero attached hydrogens (tertiary/aromatic N) is 1. The molecule has 2 aromatic rings. The van der Waals surface area contributed by atoms with Gasteiger partial charge in [0.05, 0.1) is 16.7 Å². The topological polar surface area (TPSA) is 50.7 Å². The highest BCUT2D eigenvalue weighted by molar-refractivity contribution is 6.34. The van der Waals surface area contributed by atoms with E-state index in [1.165, 1.54) is 5.56 Å². The fraction of sp³-hybridized carbons (Fsp3) is 0.300. The van der Waals surface area contributed by atoms with Crippen molar-refractivity contribution in [2.45, 2.75) is 32.8 Å². The van der Waals surface area contributed by atoms with Crippen molar-refractivity contribution >= 4 is 23.5 Å². The zero-order chi connectivity index (χ0) is 18.1. The molecular weight excluding hydrogens is 336 g/mol. The Morgan fingerprint density at radius 3 is 2.48 bits per heavy atom. The second kappa shape index (κ2) is 9.84. The predicted octanol–water partition coefficient (Wildman–Crippen LogP) is 4.48. The third-order valence-electron chi connectivity index (χ3n) is 3.41. The Morgan fingerprint density at radius 1 is 1.12 bits per heavy atom. The number of rotatable bonds is 6. The van der Waals surface area contributed by atoms with Crippen LogP contribution in [0.25, 0.3) is 0 Å². The van der Waals surface area contributed by atoms with Gasteiger partial charge < -0.3 is 4.74 Å². The Labute approximate surface area is 153 Å². The first-order valence-corrected chi connectivity index (χ1v) is 8.75. The number of amidine groups is 1.